The molecule has 0 unspecified atom stereocenters. The van der Waals surface area contributed by atoms with Gasteiger partial charge in [-0.25, -0.2) is 0 Å². The fraction of sp³-hybridized carbons (Fsp3) is 0.562. The van der Waals surface area contributed by atoms with E-state index in [4.69, 9.17) is 9.31 Å². The van der Waals surface area contributed by atoms with E-state index in [1.54, 1.807) is 0 Å². The maximum absolute atomic E-state index is 11.3. The van der Waals surface area contributed by atoms with Gasteiger partial charge in [0.15, 0.2) is 0 Å². The van der Waals surface area contributed by atoms with Crippen molar-refractivity contribution in [3.63, 3.8) is 0 Å². The van der Waals surface area contributed by atoms with Crippen molar-refractivity contribution in [2.45, 2.75) is 57.7 Å². The molecule has 3 rings (SSSR count). The van der Waals surface area contributed by atoms with Gasteiger partial charge in [-0.1, -0.05) is 18.2 Å². The molecule has 1 heterocycles. The van der Waals surface area contributed by atoms with E-state index in [1.807, 2.05) is 45.9 Å². The molecule has 1 aliphatic carbocycles. The molecule has 1 saturated heterocycles. The van der Waals surface area contributed by atoms with Crippen LogP contribution in [0.1, 0.15) is 51.2 Å². The maximum Gasteiger partial charge on any atom is 0.494 e. The minimum Gasteiger partial charge on any atom is -0.481 e. The average molecular weight is 288 g/mol. The van der Waals surface area contributed by atoms with Crippen LogP contribution < -0.4 is 5.46 Å². The molecular formula is C16H21BO4. The number of benzene rings is 1. The van der Waals surface area contributed by atoms with Gasteiger partial charge in [0.05, 0.1) is 17.1 Å². The fourth-order valence-electron chi connectivity index (χ4n) is 3.00. The van der Waals surface area contributed by atoms with Crippen molar-refractivity contribution in [1.82, 2.24) is 0 Å². The molecule has 0 aromatic heterocycles. The summed E-state index contributed by atoms with van der Waals surface area (Å²) < 4.78 is 12.1. The number of fused-ring (bicyclic) bond motifs is 1. The maximum atomic E-state index is 11.3. The van der Waals surface area contributed by atoms with Crippen LogP contribution in [0.2, 0.25) is 0 Å². The van der Waals surface area contributed by atoms with Gasteiger partial charge in [-0.15, -0.1) is 0 Å². The Labute approximate surface area is 125 Å². The number of aliphatic carboxylic acids is 1. The Hall–Kier alpha value is -1.33. The number of aryl methyl sites for hydroxylation is 1. The van der Waals surface area contributed by atoms with E-state index in [0.717, 1.165) is 23.0 Å². The zero-order valence-electron chi connectivity index (χ0n) is 13.0. The van der Waals surface area contributed by atoms with Gasteiger partial charge in [0, 0.05) is 0 Å². The molecule has 112 valence electrons. The van der Waals surface area contributed by atoms with Crippen LogP contribution in [0.3, 0.4) is 0 Å². The van der Waals surface area contributed by atoms with Crippen molar-refractivity contribution >= 4 is 18.6 Å². The number of rotatable bonds is 2. The highest BCUT2D eigenvalue weighted by Gasteiger charge is 2.51. The van der Waals surface area contributed by atoms with Crippen molar-refractivity contribution in [3.8, 4) is 0 Å². The van der Waals surface area contributed by atoms with Crippen LogP contribution in [0, 0.1) is 0 Å². The molecule has 1 atom stereocenters. The van der Waals surface area contributed by atoms with E-state index >= 15 is 0 Å². The number of carboxylic acid groups (broad SMARTS) is 1. The number of hydrogen-bond donors (Lipinski definition) is 1. The van der Waals surface area contributed by atoms with E-state index in [9.17, 15) is 9.90 Å². The third-order valence-corrected chi connectivity index (χ3v) is 5.07. The number of carbonyl (C=O) groups is 1. The molecule has 1 N–H and O–H groups in total. The van der Waals surface area contributed by atoms with Crippen molar-refractivity contribution in [2.24, 2.45) is 0 Å². The first-order chi connectivity index (χ1) is 9.71. The first kappa shape index (κ1) is 14.6. The smallest absolute Gasteiger partial charge is 0.481 e. The molecule has 4 nitrogen and oxygen atoms in total. The second-order valence-corrected chi connectivity index (χ2v) is 6.98. The molecule has 2 aliphatic rings. The third-order valence-electron chi connectivity index (χ3n) is 5.07. The summed E-state index contributed by atoms with van der Waals surface area (Å²) >= 11 is 0. The lowest BCUT2D eigenvalue weighted by Gasteiger charge is -2.32. The summed E-state index contributed by atoms with van der Waals surface area (Å²) in [6.45, 7) is 8.06. The topological polar surface area (TPSA) is 55.8 Å². The molecule has 0 saturated carbocycles. The summed E-state index contributed by atoms with van der Waals surface area (Å²) in [5.41, 5.74) is 2.17. The first-order valence-electron chi connectivity index (χ1n) is 7.42. The van der Waals surface area contributed by atoms with Crippen LogP contribution in [-0.4, -0.2) is 29.4 Å². The summed E-state index contributed by atoms with van der Waals surface area (Å²) in [7, 11) is -0.435. The van der Waals surface area contributed by atoms with Gasteiger partial charge >= 0.3 is 13.1 Å². The Morgan fingerprint density at radius 2 is 1.86 bits per heavy atom. The van der Waals surface area contributed by atoms with Crippen molar-refractivity contribution < 1.29 is 19.2 Å². The van der Waals surface area contributed by atoms with Crippen LogP contribution in [0.15, 0.2) is 18.2 Å². The molecule has 21 heavy (non-hydrogen) atoms. The quantitative estimate of drug-likeness (QED) is 0.847. The summed E-state index contributed by atoms with van der Waals surface area (Å²) in [5.74, 6) is -1.15. The molecule has 0 bridgehead atoms. The largest absolute Gasteiger partial charge is 0.494 e. The molecule has 1 aromatic rings. The van der Waals surface area contributed by atoms with Gasteiger partial charge in [-0.3, -0.25) is 4.79 Å². The van der Waals surface area contributed by atoms with Gasteiger partial charge < -0.3 is 14.4 Å². The Bertz CT molecular complexity index is 578. The average Bonchev–Trinajstić information content (AvgIpc) is 2.87. The Balaban J connectivity index is 1.92. The monoisotopic (exact) mass is 288 g/mol. The molecule has 1 aromatic carbocycles. The molecule has 0 spiro atoms. The summed E-state index contributed by atoms with van der Waals surface area (Å²) in [6.07, 6.45) is 1.51. The zero-order valence-corrected chi connectivity index (χ0v) is 13.0. The Morgan fingerprint density at radius 1 is 1.24 bits per heavy atom. The SMILES string of the molecule is CC1(C)OB(c2ccc3c(c2)[C@@H](C(=O)O)CC3)OC1(C)C. The number of hydrogen-bond acceptors (Lipinski definition) is 3. The van der Waals surface area contributed by atoms with E-state index in [0.29, 0.717) is 6.42 Å². The van der Waals surface area contributed by atoms with E-state index < -0.39 is 19.0 Å². The summed E-state index contributed by atoms with van der Waals surface area (Å²) in [4.78, 5) is 11.3. The summed E-state index contributed by atoms with van der Waals surface area (Å²) in [5, 5.41) is 9.32. The van der Waals surface area contributed by atoms with Crippen LogP contribution in [0.25, 0.3) is 0 Å². The lowest BCUT2D eigenvalue weighted by atomic mass is 9.77. The number of carboxylic acids is 1. The molecule has 1 aliphatic heterocycles. The van der Waals surface area contributed by atoms with Crippen LogP contribution in [0.4, 0.5) is 0 Å². The normalized spacial score (nSPS) is 25.9. The molecule has 0 radical (unpaired) electrons. The minimum atomic E-state index is -0.750. The third kappa shape index (κ3) is 2.28. The summed E-state index contributed by atoms with van der Waals surface area (Å²) in [6, 6.07) is 5.95. The standard InChI is InChI=1S/C16H21BO4/c1-15(2)16(3,4)21-17(20-15)11-7-5-10-6-8-12(14(18)19)13(10)9-11/h5,7,9,12H,6,8H2,1-4H3,(H,18,19)/t12-/m0/s1. The second kappa shape index (κ2) is 4.58. The van der Waals surface area contributed by atoms with E-state index in [1.165, 1.54) is 0 Å². The van der Waals surface area contributed by atoms with Gasteiger partial charge in [0.1, 0.15) is 0 Å². The van der Waals surface area contributed by atoms with Gasteiger partial charge in [-0.2, -0.15) is 0 Å². The van der Waals surface area contributed by atoms with E-state index in [-0.39, 0.29) is 11.2 Å². The van der Waals surface area contributed by atoms with Crippen LogP contribution in [-0.2, 0) is 20.5 Å². The van der Waals surface area contributed by atoms with Gasteiger partial charge in [0.25, 0.3) is 0 Å². The Morgan fingerprint density at radius 3 is 2.43 bits per heavy atom. The van der Waals surface area contributed by atoms with Crippen molar-refractivity contribution in [3.05, 3.63) is 29.3 Å². The fourth-order valence-corrected chi connectivity index (χ4v) is 3.00. The second-order valence-electron chi connectivity index (χ2n) is 6.98. The predicted molar refractivity (Wildman–Crippen MR) is 80.9 cm³/mol. The van der Waals surface area contributed by atoms with Gasteiger partial charge in [-0.05, 0) is 57.1 Å². The van der Waals surface area contributed by atoms with Crippen molar-refractivity contribution in [2.75, 3.05) is 0 Å². The first-order valence-corrected chi connectivity index (χ1v) is 7.42. The molecule has 0 amide bonds. The van der Waals surface area contributed by atoms with Crippen LogP contribution >= 0.6 is 0 Å². The highest BCUT2D eigenvalue weighted by Crippen LogP contribution is 2.37. The zero-order chi connectivity index (χ0) is 15.4. The minimum absolute atomic E-state index is 0.386. The lowest BCUT2D eigenvalue weighted by Crippen LogP contribution is -2.41. The van der Waals surface area contributed by atoms with Crippen LogP contribution in [0.5, 0.6) is 0 Å². The molecular weight excluding hydrogens is 267 g/mol. The molecule has 5 heteroatoms. The molecule has 1 fully saturated rings. The highest BCUT2D eigenvalue weighted by atomic mass is 16.7. The lowest BCUT2D eigenvalue weighted by molar-refractivity contribution is -0.138. The predicted octanol–water partition coefficient (Wildman–Crippen LogP) is 2.10. The Kier molecular flexibility index (Phi) is 3.19. The highest BCUT2D eigenvalue weighted by molar-refractivity contribution is 6.62. The van der Waals surface area contributed by atoms with Crippen molar-refractivity contribution in [1.29, 1.82) is 0 Å². The van der Waals surface area contributed by atoms with Gasteiger partial charge in [0.2, 0.25) is 0 Å². The van der Waals surface area contributed by atoms with E-state index in [2.05, 4.69) is 0 Å².